The van der Waals surface area contributed by atoms with Gasteiger partial charge in [0.1, 0.15) is 0 Å². The Kier molecular flexibility index (Phi) is 4.11. The average molecular weight is 214 g/mol. The van der Waals surface area contributed by atoms with Crippen LogP contribution in [0.5, 0.6) is 0 Å². The quantitative estimate of drug-likeness (QED) is 0.713. The molecule has 4 heteroatoms. The number of rotatable bonds is 3. The summed E-state index contributed by atoms with van der Waals surface area (Å²) in [6, 6.07) is 0.177. The van der Waals surface area contributed by atoms with Crippen molar-refractivity contribution in [1.29, 1.82) is 0 Å². The minimum Gasteiger partial charge on any atom is -0.395 e. The van der Waals surface area contributed by atoms with Crippen molar-refractivity contribution in [3.8, 4) is 0 Å². The van der Waals surface area contributed by atoms with Gasteiger partial charge in [-0.1, -0.05) is 0 Å². The molecule has 1 rings (SSSR count). The number of carbonyl (C=O) groups excluding carboxylic acids is 1. The molecular formula is C11H22N2O2. The van der Waals surface area contributed by atoms with E-state index in [0.29, 0.717) is 6.54 Å². The fourth-order valence-electron chi connectivity index (χ4n) is 1.95. The van der Waals surface area contributed by atoms with Crippen molar-refractivity contribution in [3.63, 3.8) is 0 Å². The molecule has 1 unspecified atom stereocenters. The zero-order valence-electron chi connectivity index (χ0n) is 9.92. The molecule has 1 aliphatic rings. The Balaban J connectivity index is 2.37. The molecule has 0 radical (unpaired) electrons. The topological polar surface area (TPSA) is 52.6 Å². The SMILES string of the molecule is CC(C)(C)NC(=O)CN1CCCC1CO. The predicted octanol–water partition coefficient (Wildman–Crippen LogP) is 0.358. The first-order valence-corrected chi connectivity index (χ1v) is 5.58. The Labute approximate surface area is 91.6 Å². The molecule has 1 fully saturated rings. The second-order valence-electron chi connectivity index (χ2n) is 5.25. The van der Waals surface area contributed by atoms with Crippen molar-refractivity contribution in [1.82, 2.24) is 10.2 Å². The molecule has 0 aromatic carbocycles. The fraction of sp³-hybridized carbons (Fsp3) is 0.909. The third-order valence-electron chi connectivity index (χ3n) is 2.57. The van der Waals surface area contributed by atoms with E-state index in [9.17, 15) is 4.79 Å². The fourth-order valence-corrected chi connectivity index (χ4v) is 1.95. The van der Waals surface area contributed by atoms with Gasteiger partial charge < -0.3 is 10.4 Å². The van der Waals surface area contributed by atoms with Gasteiger partial charge in [0.25, 0.3) is 0 Å². The van der Waals surface area contributed by atoms with Gasteiger partial charge in [-0.2, -0.15) is 0 Å². The van der Waals surface area contributed by atoms with E-state index in [2.05, 4.69) is 10.2 Å². The van der Waals surface area contributed by atoms with E-state index in [4.69, 9.17) is 5.11 Å². The van der Waals surface area contributed by atoms with Crippen molar-refractivity contribution >= 4 is 5.91 Å². The Bertz CT molecular complexity index is 223. The summed E-state index contributed by atoms with van der Waals surface area (Å²) in [5, 5.41) is 12.0. The molecule has 4 nitrogen and oxygen atoms in total. The number of carbonyl (C=O) groups is 1. The largest absolute Gasteiger partial charge is 0.395 e. The molecular weight excluding hydrogens is 192 g/mol. The molecule has 0 saturated carbocycles. The van der Waals surface area contributed by atoms with Crippen molar-refractivity contribution in [2.75, 3.05) is 19.7 Å². The lowest BCUT2D eigenvalue weighted by Gasteiger charge is -2.25. The minimum atomic E-state index is -0.175. The summed E-state index contributed by atoms with van der Waals surface area (Å²) in [6.07, 6.45) is 2.08. The number of aliphatic hydroxyl groups is 1. The van der Waals surface area contributed by atoms with Crippen LogP contribution < -0.4 is 5.32 Å². The molecule has 0 aromatic rings. The number of hydrogen-bond acceptors (Lipinski definition) is 3. The van der Waals surface area contributed by atoms with Crippen LogP contribution in [-0.2, 0) is 4.79 Å². The van der Waals surface area contributed by atoms with Crippen molar-refractivity contribution in [2.24, 2.45) is 0 Å². The van der Waals surface area contributed by atoms with Crippen LogP contribution in [0.2, 0.25) is 0 Å². The molecule has 1 atom stereocenters. The smallest absolute Gasteiger partial charge is 0.234 e. The average Bonchev–Trinajstić information content (AvgIpc) is 2.48. The molecule has 15 heavy (non-hydrogen) atoms. The third-order valence-corrected chi connectivity index (χ3v) is 2.57. The zero-order chi connectivity index (χ0) is 11.5. The Morgan fingerprint density at radius 1 is 1.53 bits per heavy atom. The summed E-state index contributed by atoms with van der Waals surface area (Å²) in [5.74, 6) is 0.0443. The molecule has 0 aromatic heterocycles. The highest BCUT2D eigenvalue weighted by Gasteiger charge is 2.26. The van der Waals surface area contributed by atoms with Gasteiger partial charge in [-0.15, -0.1) is 0 Å². The van der Waals surface area contributed by atoms with Crippen LogP contribution in [0.4, 0.5) is 0 Å². The van der Waals surface area contributed by atoms with E-state index >= 15 is 0 Å². The second-order valence-corrected chi connectivity index (χ2v) is 5.25. The first-order chi connectivity index (χ1) is 6.92. The summed E-state index contributed by atoms with van der Waals surface area (Å²) < 4.78 is 0. The lowest BCUT2D eigenvalue weighted by Crippen LogP contribution is -2.47. The molecule has 1 aliphatic heterocycles. The molecule has 2 N–H and O–H groups in total. The predicted molar refractivity (Wildman–Crippen MR) is 59.6 cm³/mol. The highest BCUT2D eigenvalue weighted by atomic mass is 16.3. The molecule has 1 saturated heterocycles. The van der Waals surface area contributed by atoms with Gasteiger partial charge >= 0.3 is 0 Å². The summed E-state index contributed by atoms with van der Waals surface area (Å²) in [7, 11) is 0. The van der Waals surface area contributed by atoms with Gasteiger partial charge in [0.05, 0.1) is 13.2 Å². The molecule has 0 spiro atoms. The number of nitrogens with zero attached hydrogens (tertiary/aromatic N) is 1. The summed E-state index contributed by atoms with van der Waals surface area (Å²) >= 11 is 0. The lowest BCUT2D eigenvalue weighted by molar-refractivity contribution is -0.124. The Morgan fingerprint density at radius 3 is 2.73 bits per heavy atom. The van der Waals surface area contributed by atoms with Crippen LogP contribution in [0.25, 0.3) is 0 Å². The monoisotopic (exact) mass is 214 g/mol. The minimum absolute atomic E-state index is 0.0443. The van der Waals surface area contributed by atoms with Gasteiger partial charge in [-0.25, -0.2) is 0 Å². The van der Waals surface area contributed by atoms with E-state index in [1.165, 1.54) is 0 Å². The number of likely N-dealkylation sites (tertiary alicyclic amines) is 1. The molecule has 0 bridgehead atoms. The Hall–Kier alpha value is -0.610. The maximum absolute atomic E-state index is 11.6. The molecule has 88 valence electrons. The van der Waals surface area contributed by atoms with Gasteiger partial charge in [0, 0.05) is 11.6 Å². The maximum atomic E-state index is 11.6. The number of amides is 1. The van der Waals surface area contributed by atoms with Crippen LogP contribution in [-0.4, -0.2) is 47.2 Å². The molecule has 0 aliphatic carbocycles. The van der Waals surface area contributed by atoms with Crippen molar-refractivity contribution < 1.29 is 9.90 Å². The second kappa shape index (κ2) is 4.94. The number of hydrogen-bond donors (Lipinski definition) is 2. The maximum Gasteiger partial charge on any atom is 0.234 e. The normalized spacial score (nSPS) is 23.1. The van der Waals surface area contributed by atoms with Gasteiger partial charge in [0.2, 0.25) is 5.91 Å². The summed E-state index contributed by atoms with van der Waals surface area (Å²) in [6.45, 7) is 7.39. The van der Waals surface area contributed by atoms with Crippen LogP contribution in [0, 0.1) is 0 Å². The third kappa shape index (κ3) is 4.18. The van der Waals surface area contributed by atoms with Crippen LogP contribution >= 0.6 is 0 Å². The van der Waals surface area contributed by atoms with Crippen molar-refractivity contribution in [2.45, 2.75) is 45.2 Å². The first-order valence-electron chi connectivity index (χ1n) is 5.58. The highest BCUT2D eigenvalue weighted by molar-refractivity contribution is 5.78. The van der Waals surface area contributed by atoms with Crippen LogP contribution in [0.15, 0.2) is 0 Å². The zero-order valence-corrected chi connectivity index (χ0v) is 9.92. The molecule has 1 heterocycles. The van der Waals surface area contributed by atoms with E-state index in [0.717, 1.165) is 19.4 Å². The lowest BCUT2D eigenvalue weighted by atomic mass is 10.1. The summed E-state index contributed by atoms with van der Waals surface area (Å²) in [4.78, 5) is 13.7. The number of nitrogens with one attached hydrogen (secondary N) is 1. The van der Waals surface area contributed by atoms with Crippen LogP contribution in [0.3, 0.4) is 0 Å². The first kappa shape index (κ1) is 12.5. The van der Waals surface area contributed by atoms with E-state index < -0.39 is 0 Å². The van der Waals surface area contributed by atoms with E-state index in [1.54, 1.807) is 0 Å². The van der Waals surface area contributed by atoms with E-state index in [-0.39, 0.29) is 24.1 Å². The van der Waals surface area contributed by atoms with Gasteiger partial charge in [0.15, 0.2) is 0 Å². The standard InChI is InChI=1S/C11H22N2O2/c1-11(2,3)12-10(15)7-13-6-4-5-9(13)8-14/h9,14H,4-8H2,1-3H3,(H,12,15). The van der Waals surface area contributed by atoms with Gasteiger partial charge in [-0.05, 0) is 40.2 Å². The van der Waals surface area contributed by atoms with Crippen LogP contribution in [0.1, 0.15) is 33.6 Å². The number of aliphatic hydroxyl groups excluding tert-OH is 1. The van der Waals surface area contributed by atoms with E-state index in [1.807, 2.05) is 20.8 Å². The summed E-state index contributed by atoms with van der Waals surface area (Å²) in [5.41, 5.74) is -0.175. The van der Waals surface area contributed by atoms with Crippen molar-refractivity contribution in [3.05, 3.63) is 0 Å². The highest BCUT2D eigenvalue weighted by Crippen LogP contribution is 2.15. The Morgan fingerprint density at radius 2 is 2.20 bits per heavy atom. The molecule has 1 amide bonds. The van der Waals surface area contributed by atoms with Gasteiger partial charge in [-0.3, -0.25) is 9.69 Å².